The second-order valence-electron chi connectivity index (χ2n) is 1.57. The normalized spacial score (nSPS) is 10.2. The van der Waals surface area contributed by atoms with Gasteiger partial charge in [0, 0.05) is 0 Å². The summed E-state index contributed by atoms with van der Waals surface area (Å²) in [5.74, 6) is 0. The van der Waals surface area contributed by atoms with Crippen molar-refractivity contribution in [2.45, 2.75) is 10.7 Å². The summed E-state index contributed by atoms with van der Waals surface area (Å²) in [7, 11) is 0. The molecule has 1 aromatic heterocycles. The van der Waals surface area contributed by atoms with Crippen LogP contribution in [0, 0.1) is 2.69 Å². The Kier molecular flexibility index (Phi) is 4.36. The van der Waals surface area contributed by atoms with Crippen molar-refractivity contribution in [3.8, 4) is 0 Å². The molecule has 1 rings (SSSR count). The van der Waals surface area contributed by atoms with E-state index in [0.717, 1.165) is 10.7 Å². The first-order valence-corrected chi connectivity index (χ1v) is 7.24. The molecule has 0 fully saturated rings. The number of halogens is 2. The zero-order valence-electron chi connectivity index (χ0n) is 4.89. The van der Waals surface area contributed by atoms with E-state index in [1.165, 1.54) is 12.4 Å². The molecule has 0 saturated heterocycles. The fourth-order valence-electron chi connectivity index (χ4n) is 0.539. The van der Waals surface area contributed by atoms with Gasteiger partial charge in [-0.2, -0.15) is 0 Å². The molecule has 0 aliphatic carbocycles. The molecular weight excluding hydrogens is 363 g/mol. The molecule has 1 heterocycles. The van der Waals surface area contributed by atoms with Gasteiger partial charge in [0.15, 0.2) is 0 Å². The molecule has 1 aromatic rings. The van der Waals surface area contributed by atoms with Crippen molar-refractivity contribution in [3.63, 3.8) is 0 Å². The Hall–Kier alpha value is 1.53. The molecule has 0 aromatic carbocycles. The summed E-state index contributed by atoms with van der Waals surface area (Å²) in [6.07, 6.45) is 0. The van der Waals surface area contributed by atoms with Crippen LogP contribution in [0.2, 0.25) is 0 Å². The average Bonchev–Trinajstić information content (AvgIpc) is 2.30. The summed E-state index contributed by atoms with van der Waals surface area (Å²) in [5.41, 5.74) is 0. The van der Waals surface area contributed by atoms with Crippen molar-refractivity contribution in [2.75, 3.05) is 0 Å². The van der Waals surface area contributed by atoms with Crippen LogP contribution in [0.4, 0.5) is 0 Å². The van der Waals surface area contributed by atoms with E-state index < -0.39 is 0 Å². The molecule has 0 aliphatic rings. The quantitative estimate of drug-likeness (QED) is 0.556. The van der Waals surface area contributed by atoms with E-state index in [2.05, 4.69) is 47.4 Å². The maximum atomic E-state index is 3.44. The zero-order chi connectivity index (χ0) is 7.56. The Labute approximate surface area is 92.3 Å². The van der Waals surface area contributed by atoms with Crippen molar-refractivity contribution in [2.24, 2.45) is 0 Å². The van der Waals surface area contributed by atoms with Crippen LogP contribution in [0.1, 0.15) is 9.75 Å². The van der Waals surface area contributed by atoms with Crippen LogP contribution < -0.4 is 0 Å². The van der Waals surface area contributed by atoms with Gasteiger partial charge in [-0.1, -0.05) is 0 Å². The first kappa shape index (κ1) is 9.62. The summed E-state index contributed by atoms with van der Waals surface area (Å²) >= 11 is 13.6. The minimum absolute atomic E-state index is 0.969. The zero-order valence-corrected chi connectivity index (χ0v) is 11.4. The molecule has 56 valence electrons. The molecule has 0 amide bonds. The molecule has 0 N–H and O–H groups in total. The van der Waals surface area contributed by atoms with Crippen LogP contribution in [0.3, 0.4) is 0 Å². The van der Waals surface area contributed by atoms with E-state index in [4.69, 9.17) is 0 Å². The van der Waals surface area contributed by atoms with Crippen molar-refractivity contribution >= 4 is 70.1 Å². The van der Waals surface area contributed by atoms with Crippen LogP contribution >= 0.6 is 54.5 Å². The van der Waals surface area contributed by atoms with E-state index in [1.807, 2.05) is 22.7 Å². The fourth-order valence-corrected chi connectivity index (χ4v) is 5.44. The molecule has 0 aliphatic heterocycles. The van der Waals surface area contributed by atoms with Crippen LogP contribution in [0.15, 0.2) is 0 Å². The number of alkyl halides is 2. The van der Waals surface area contributed by atoms with Crippen LogP contribution in [-0.4, -0.2) is 15.6 Å². The Morgan fingerprint density at radius 3 is 1.80 bits per heavy atom. The van der Waals surface area contributed by atoms with Crippen molar-refractivity contribution < 1.29 is 0 Å². The van der Waals surface area contributed by atoms with E-state index >= 15 is 0 Å². The topological polar surface area (TPSA) is 0 Å². The summed E-state index contributed by atoms with van der Waals surface area (Å²) < 4.78 is 1.31. The molecule has 0 atom stereocenters. The van der Waals surface area contributed by atoms with E-state index in [1.54, 1.807) is 0 Å². The van der Waals surface area contributed by atoms with Gasteiger partial charge in [-0.25, -0.2) is 0 Å². The van der Waals surface area contributed by atoms with Crippen molar-refractivity contribution in [1.29, 1.82) is 0 Å². The molecule has 0 radical (unpaired) electrons. The average molecular weight is 367 g/mol. The minimum atomic E-state index is 0.969. The predicted octanol–water partition coefficient (Wildman–Crippen LogP) is 3.30. The van der Waals surface area contributed by atoms with E-state index in [-0.39, 0.29) is 0 Å². The van der Waals surface area contributed by atoms with E-state index in [0.29, 0.717) is 0 Å². The third-order valence-corrected chi connectivity index (χ3v) is 6.12. The van der Waals surface area contributed by atoms with Gasteiger partial charge in [0.2, 0.25) is 0 Å². The number of hydrogen-bond acceptors (Lipinski definition) is 2. The van der Waals surface area contributed by atoms with Gasteiger partial charge in [0.05, 0.1) is 0 Å². The number of hydrogen-bond donors (Lipinski definition) is 0. The molecule has 5 heteroatoms. The first-order valence-electron chi connectivity index (χ1n) is 2.51. The van der Waals surface area contributed by atoms with Crippen molar-refractivity contribution in [1.82, 2.24) is 0 Å². The van der Waals surface area contributed by atoms with Gasteiger partial charge in [0.1, 0.15) is 0 Å². The molecule has 10 heavy (non-hydrogen) atoms. The van der Waals surface area contributed by atoms with Gasteiger partial charge in [-0.3, -0.25) is 0 Å². The Bertz CT molecular complexity index is 240. The summed E-state index contributed by atoms with van der Waals surface area (Å²) in [6, 6.07) is 0. The first-order chi connectivity index (χ1) is 4.77. The van der Waals surface area contributed by atoms with Gasteiger partial charge < -0.3 is 0 Å². The van der Waals surface area contributed by atoms with Gasteiger partial charge in [-0.05, 0) is 0 Å². The fraction of sp³-hybridized carbons (Fsp3) is 0.400. The second kappa shape index (κ2) is 4.53. The molecule has 0 nitrogen and oxygen atoms in total. The Morgan fingerprint density at radius 1 is 1.10 bits per heavy atom. The Morgan fingerprint density at radius 2 is 1.50 bits per heavy atom. The third-order valence-electron chi connectivity index (χ3n) is 0.967. The molecular formula is C5H4Br2S2Se. The maximum absolute atomic E-state index is 3.44. The van der Waals surface area contributed by atoms with Crippen LogP contribution in [0.5, 0.6) is 0 Å². The monoisotopic (exact) mass is 366 g/mol. The SMILES string of the molecule is [Se]=c1sc(CBr)c(CBr)s1. The van der Waals surface area contributed by atoms with E-state index in [9.17, 15) is 0 Å². The Balaban J connectivity index is 3.08. The van der Waals surface area contributed by atoms with Crippen molar-refractivity contribution in [3.05, 3.63) is 12.4 Å². The van der Waals surface area contributed by atoms with Gasteiger partial charge >= 0.3 is 93.2 Å². The second-order valence-corrected chi connectivity index (χ2v) is 7.18. The molecule has 0 bridgehead atoms. The summed E-state index contributed by atoms with van der Waals surface area (Å²) in [4.78, 5) is 2.85. The summed E-state index contributed by atoms with van der Waals surface area (Å²) in [5, 5.41) is 1.94. The van der Waals surface area contributed by atoms with Crippen LogP contribution in [0.25, 0.3) is 0 Å². The molecule has 0 saturated carbocycles. The molecule has 0 spiro atoms. The number of rotatable bonds is 2. The standard InChI is InChI=1S/C5H4Br2S2Se/c6-1-3-4(2-7)9-5(10)8-3/h1-2H2. The molecule has 0 unspecified atom stereocenters. The van der Waals surface area contributed by atoms with Gasteiger partial charge in [-0.15, -0.1) is 0 Å². The van der Waals surface area contributed by atoms with Gasteiger partial charge in [0.25, 0.3) is 0 Å². The third kappa shape index (κ3) is 2.26. The predicted molar refractivity (Wildman–Crippen MR) is 56.5 cm³/mol. The summed E-state index contributed by atoms with van der Waals surface area (Å²) in [6.45, 7) is 0. The van der Waals surface area contributed by atoms with Crippen LogP contribution in [-0.2, 0) is 10.7 Å².